The molecule has 0 fully saturated rings. The fraction of sp³-hybridized carbons (Fsp3) is 0.118. The molecule has 1 amide bonds. The van der Waals surface area contributed by atoms with E-state index in [0.29, 0.717) is 24.7 Å². The highest BCUT2D eigenvalue weighted by Crippen LogP contribution is 2.34. The van der Waals surface area contributed by atoms with Gasteiger partial charge in [-0.15, -0.1) is 0 Å². The lowest BCUT2D eigenvalue weighted by Crippen LogP contribution is -2.31. The second-order valence-corrected chi connectivity index (χ2v) is 5.10. The van der Waals surface area contributed by atoms with Crippen LogP contribution in [0.1, 0.15) is 0 Å². The lowest BCUT2D eigenvalue weighted by atomic mass is 10.0. The molecule has 4 rings (SSSR count). The molecule has 0 spiro atoms. The first-order chi connectivity index (χ1) is 10.9. The van der Waals surface area contributed by atoms with Crippen molar-refractivity contribution in [2.75, 3.05) is 18.1 Å². The van der Waals surface area contributed by atoms with E-state index in [2.05, 4.69) is 16.0 Å². The second kappa shape index (κ2) is 5.11. The van der Waals surface area contributed by atoms with Crippen molar-refractivity contribution in [2.24, 2.45) is 0 Å². The number of amides is 1. The monoisotopic (exact) mass is 291 g/mol. The van der Waals surface area contributed by atoms with E-state index in [1.54, 1.807) is 11.1 Å². The van der Waals surface area contributed by atoms with E-state index in [1.807, 2.05) is 36.7 Å². The van der Waals surface area contributed by atoms with Gasteiger partial charge in [0.2, 0.25) is 12.3 Å². The van der Waals surface area contributed by atoms with Crippen molar-refractivity contribution in [3.8, 4) is 17.0 Å². The molecule has 0 aliphatic carbocycles. The molecule has 0 saturated carbocycles. The number of pyridine rings is 2. The van der Waals surface area contributed by atoms with E-state index in [0.717, 1.165) is 28.3 Å². The Morgan fingerprint density at radius 3 is 3.00 bits per heavy atom. The first-order valence-electron chi connectivity index (χ1n) is 7.05. The average molecular weight is 291 g/mol. The molecule has 0 N–H and O–H groups in total. The van der Waals surface area contributed by atoms with Gasteiger partial charge in [0, 0.05) is 35.1 Å². The first-order valence-corrected chi connectivity index (χ1v) is 7.05. The van der Waals surface area contributed by atoms with Crippen molar-refractivity contribution >= 4 is 22.9 Å². The van der Waals surface area contributed by atoms with Crippen LogP contribution in [0.15, 0.2) is 48.9 Å². The molecule has 0 saturated heterocycles. The molecule has 22 heavy (non-hydrogen) atoms. The smallest absolute Gasteiger partial charge is 0.238 e. The Morgan fingerprint density at radius 1 is 1.18 bits per heavy atom. The van der Waals surface area contributed by atoms with Crippen molar-refractivity contribution in [3.63, 3.8) is 0 Å². The molecular formula is C17H13N3O2. The maximum atomic E-state index is 11.2. The molecular weight excluding hydrogens is 278 g/mol. The normalized spacial score (nSPS) is 13.5. The van der Waals surface area contributed by atoms with Gasteiger partial charge in [-0.3, -0.25) is 9.78 Å². The summed E-state index contributed by atoms with van der Waals surface area (Å²) in [7, 11) is 0. The molecule has 1 aliphatic rings. The molecule has 3 heterocycles. The number of aromatic nitrogens is 2. The van der Waals surface area contributed by atoms with Crippen LogP contribution in [-0.4, -0.2) is 29.5 Å². The molecule has 0 atom stereocenters. The fourth-order valence-corrected chi connectivity index (χ4v) is 2.72. The zero-order valence-corrected chi connectivity index (χ0v) is 11.8. The number of carbonyl (C=O) groups excluding carboxylic acids is 1. The minimum atomic E-state index is 0.466. The van der Waals surface area contributed by atoms with E-state index >= 15 is 0 Å². The van der Waals surface area contributed by atoms with Crippen LogP contribution in [0.25, 0.3) is 21.9 Å². The van der Waals surface area contributed by atoms with Crippen molar-refractivity contribution in [1.29, 1.82) is 0 Å². The van der Waals surface area contributed by atoms with E-state index in [9.17, 15) is 4.79 Å². The molecule has 108 valence electrons. The Kier molecular flexibility index (Phi) is 2.96. The number of hydrogen-bond donors (Lipinski definition) is 0. The number of carbonyl (C=O) groups is 1. The van der Waals surface area contributed by atoms with Crippen LogP contribution in [-0.2, 0) is 4.79 Å². The molecule has 0 bridgehead atoms. The van der Waals surface area contributed by atoms with Gasteiger partial charge in [0.15, 0.2) is 0 Å². The van der Waals surface area contributed by atoms with E-state index < -0.39 is 0 Å². The standard InChI is InChI=1S/C17H13N3O2/c21-11-20-5-6-22-17-16(20)7-13(9-19-17)15-10-18-8-12-3-1-2-4-14(12)15/h1-4,7-11H,5-6H2. The summed E-state index contributed by atoms with van der Waals surface area (Å²) in [5.41, 5.74) is 2.61. The Labute approximate surface area is 127 Å². The summed E-state index contributed by atoms with van der Waals surface area (Å²) in [6.45, 7) is 1.00. The van der Waals surface area contributed by atoms with Crippen LogP contribution in [0, 0.1) is 0 Å². The predicted octanol–water partition coefficient (Wildman–Crippen LogP) is 2.65. The maximum absolute atomic E-state index is 11.2. The molecule has 3 aromatic rings. The van der Waals surface area contributed by atoms with E-state index in [-0.39, 0.29) is 0 Å². The van der Waals surface area contributed by atoms with Crippen molar-refractivity contribution < 1.29 is 9.53 Å². The number of anilines is 1. The SMILES string of the molecule is O=CN1CCOc2ncc(-c3cncc4ccccc34)cc21. The van der Waals surface area contributed by atoms with Gasteiger partial charge < -0.3 is 9.64 Å². The van der Waals surface area contributed by atoms with Crippen LogP contribution < -0.4 is 9.64 Å². The average Bonchev–Trinajstić information content (AvgIpc) is 2.60. The van der Waals surface area contributed by atoms with Gasteiger partial charge in [0.1, 0.15) is 12.3 Å². The van der Waals surface area contributed by atoms with Gasteiger partial charge in [-0.05, 0) is 11.5 Å². The minimum absolute atomic E-state index is 0.466. The summed E-state index contributed by atoms with van der Waals surface area (Å²) in [5, 5.41) is 2.18. The van der Waals surface area contributed by atoms with Crippen LogP contribution in [0.4, 0.5) is 5.69 Å². The van der Waals surface area contributed by atoms with Crippen molar-refractivity contribution in [1.82, 2.24) is 9.97 Å². The third-order valence-electron chi connectivity index (χ3n) is 3.82. The Balaban J connectivity index is 1.91. The summed E-state index contributed by atoms with van der Waals surface area (Å²) in [6, 6.07) is 10.00. The van der Waals surface area contributed by atoms with Gasteiger partial charge in [-0.1, -0.05) is 24.3 Å². The topological polar surface area (TPSA) is 55.3 Å². The summed E-state index contributed by atoms with van der Waals surface area (Å²) in [4.78, 5) is 21.5. The van der Waals surface area contributed by atoms with E-state index in [4.69, 9.17) is 4.74 Å². The second-order valence-electron chi connectivity index (χ2n) is 5.10. The van der Waals surface area contributed by atoms with Gasteiger partial charge in [-0.25, -0.2) is 4.98 Å². The lowest BCUT2D eigenvalue weighted by Gasteiger charge is -2.25. The highest BCUT2D eigenvalue weighted by molar-refractivity contribution is 5.96. The fourth-order valence-electron chi connectivity index (χ4n) is 2.72. The van der Waals surface area contributed by atoms with Gasteiger partial charge >= 0.3 is 0 Å². The molecule has 5 nitrogen and oxygen atoms in total. The lowest BCUT2D eigenvalue weighted by molar-refractivity contribution is -0.107. The summed E-state index contributed by atoms with van der Waals surface area (Å²) in [6.07, 6.45) is 6.23. The zero-order valence-electron chi connectivity index (χ0n) is 11.8. The van der Waals surface area contributed by atoms with Gasteiger partial charge in [0.05, 0.1) is 6.54 Å². The van der Waals surface area contributed by atoms with Crippen molar-refractivity contribution in [3.05, 3.63) is 48.9 Å². The number of rotatable bonds is 2. The maximum Gasteiger partial charge on any atom is 0.238 e. The number of nitrogens with zero attached hydrogens (tertiary/aromatic N) is 3. The largest absolute Gasteiger partial charge is 0.474 e. The Morgan fingerprint density at radius 2 is 2.09 bits per heavy atom. The first kappa shape index (κ1) is 12.8. The summed E-state index contributed by atoms with van der Waals surface area (Å²) in [5.74, 6) is 0.496. The molecule has 5 heteroatoms. The third kappa shape index (κ3) is 1.98. The van der Waals surface area contributed by atoms with Crippen molar-refractivity contribution in [2.45, 2.75) is 0 Å². The highest BCUT2D eigenvalue weighted by Gasteiger charge is 2.20. The zero-order chi connectivity index (χ0) is 14.9. The summed E-state index contributed by atoms with van der Waals surface area (Å²) < 4.78 is 5.51. The molecule has 0 unspecified atom stereocenters. The molecule has 1 aromatic carbocycles. The van der Waals surface area contributed by atoms with Gasteiger partial charge in [0.25, 0.3) is 0 Å². The molecule has 1 aliphatic heterocycles. The van der Waals surface area contributed by atoms with Crippen LogP contribution >= 0.6 is 0 Å². The number of fused-ring (bicyclic) bond motifs is 2. The number of hydrogen-bond acceptors (Lipinski definition) is 4. The minimum Gasteiger partial charge on any atom is -0.474 e. The van der Waals surface area contributed by atoms with Gasteiger partial charge in [-0.2, -0.15) is 0 Å². The van der Waals surface area contributed by atoms with E-state index in [1.165, 1.54) is 0 Å². The Hall–Kier alpha value is -2.95. The number of benzene rings is 1. The molecule has 2 aromatic heterocycles. The van der Waals surface area contributed by atoms with Crippen LogP contribution in [0.2, 0.25) is 0 Å². The van der Waals surface area contributed by atoms with Crippen LogP contribution in [0.5, 0.6) is 5.88 Å². The number of ether oxygens (including phenoxy) is 1. The summed E-state index contributed by atoms with van der Waals surface area (Å²) >= 11 is 0. The van der Waals surface area contributed by atoms with Crippen LogP contribution in [0.3, 0.4) is 0 Å². The Bertz CT molecular complexity index is 858. The predicted molar refractivity (Wildman–Crippen MR) is 83.9 cm³/mol. The molecule has 0 radical (unpaired) electrons. The third-order valence-corrected chi connectivity index (χ3v) is 3.82. The highest BCUT2D eigenvalue weighted by atomic mass is 16.5. The quantitative estimate of drug-likeness (QED) is 0.681.